The number of thiazole rings is 1. The number of esters is 1. The van der Waals surface area contributed by atoms with Crippen molar-refractivity contribution in [2.45, 2.75) is 12.5 Å². The number of benzene rings is 2. The van der Waals surface area contributed by atoms with E-state index in [9.17, 15) is 19.2 Å². The first-order valence-corrected chi connectivity index (χ1v) is 10.4. The predicted molar refractivity (Wildman–Crippen MR) is 117 cm³/mol. The van der Waals surface area contributed by atoms with E-state index in [2.05, 4.69) is 15.7 Å². The van der Waals surface area contributed by atoms with Crippen LogP contribution in [0.25, 0.3) is 16.3 Å². The Morgan fingerprint density at radius 2 is 1.88 bits per heavy atom. The highest BCUT2D eigenvalue weighted by molar-refractivity contribution is 7.19. The second-order valence-corrected chi connectivity index (χ2v) is 8.12. The van der Waals surface area contributed by atoms with Gasteiger partial charge in [0.05, 0.1) is 10.2 Å². The number of ether oxygens (including phenoxy) is 1. The Balaban J connectivity index is 1.32. The number of hydrazine groups is 1. The van der Waals surface area contributed by atoms with Gasteiger partial charge in [-0.2, -0.15) is 5.01 Å². The molecule has 2 aromatic carbocycles. The summed E-state index contributed by atoms with van der Waals surface area (Å²) in [4.78, 5) is 53.4. The fourth-order valence-electron chi connectivity index (χ4n) is 3.15. The van der Waals surface area contributed by atoms with E-state index in [0.717, 1.165) is 16.3 Å². The van der Waals surface area contributed by atoms with Gasteiger partial charge in [-0.15, -0.1) is 11.3 Å². The van der Waals surface area contributed by atoms with Crippen molar-refractivity contribution in [1.82, 2.24) is 20.7 Å². The standard InChI is InChI=1S/C22H18N4O5S/c1-22(14-7-3-2-4-8-14)20(29)26(21(30)24-22)25-17(27)13-31-19(28)12-11-18-23-15-9-5-6-10-16(15)32-18/h2-12H,13H2,1H3,(H,24,30)(H,25,27). The number of imide groups is 1. The van der Waals surface area contributed by atoms with E-state index < -0.39 is 36.0 Å². The highest BCUT2D eigenvalue weighted by Gasteiger charge is 2.49. The minimum atomic E-state index is -1.32. The van der Waals surface area contributed by atoms with Crippen molar-refractivity contribution in [2.75, 3.05) is 6.61 Å². The van der Waals surface area contributed by atoms with Crippen molar-refractivity contribution in [3.05, 3.63) is 71.2 Å². The van der Waals surface area contributed by atoms with Crippen LogP contribution in [0.1, 0.15) is 17.5 Å². The third-order valence-corrected chi connectivity index (χ3v) is 5.80. The van der Waals surface area contributed by atoms with E-state index in [4.69, 9.17) is 4.74 Å². The van der Waals surface area contributed by atoms with Gasteiger partial charge in [0.1, 0.15) is 10.5 Å². The zero-order chi connectivity index (χ0) is 22.7. The summed E-state index contributed by atoms with van der Waals surface area (Å²) in [6.45, 7) is 0.879. The summed E-state index contributed by atoms with van der Waals surface area (Å²) in [6, 6.07) is 15.4. The Morgan fingerprint density at radius 3 is 2.62 bits per heavy atom. The molecule has 1 atom stereocenters. The highest BCUT2D eigenvalue weighted by atomic mass is 32.1. The van der Waals surface area contributed by atoms with Crippen LogP contribution < -0.4 is 10.7 Å². The molecule has 1 aliphatic rings. The summed E-state index contributed by atoms with van der Waals surface area (Å²) >= 11 is 1.41. The topological polar surface area (TPSA) is 118 Å². The van der Waals surface area contributed by atoms with Crippen LogP contribution in [0.2, 0.25) is 0 Å². The van der Waals surface area contributed by atoms with Gasteiger partial charge in [-0.1, -0.05) is 42.5 Å². The molecule has 0 aliphatic carbocycles. The first-order valence-electron chi connectivity index (χ1n) is 9.59. The first kappa shape index (κ1) is 21.2. The molecule has 4 amide bonds. The maximum Gasteiger partial charge on any atom is 0.344 e. The Morgan fingerprint density at radius 1 is 1.16 bits per heavy atom. The fraction of sp³-hybridized carbons (Fsp3) is 0.136. The monoisotopic (exact) mass is 450 g/mol. The second kappa shape index (κ2) is 8.60. The quantitative estimate of drug-likeness (QED) is 0.338. The number of carbonyl (C=O) groups excluding carboxylic acids is 4. The van der Waals surface area contributed by atoms with E-state index in [1.807, 2.05) is 24.3 Å². The van der Waals surface area contributed by atoms with Gasteiger partial charge in [0, 0.05) is 6.08 Å². The molecule has 2 heterocycles. The third kappa shape index (κ3) is 4.21. The number of carbonyl (C=O) groups is 4. The van der Waals surface area contributed by atoms with Crippen LogP contribution >= 0.6 is 11.3 Å². The van der Waals surface area contributed by atoms with Crippen molar-refractivity contribution < 1.29 is 23.9 Å². The van der Waals surface area contributed by atoms with Gasteiger partial charge in [-0.05, 0) is 30.7 Å². The largest absolute Gasteiger partial charge is 0.452 e. The molecule has 1 aliphatic heterocycles. The Hall–Kier alpha value is -4.05. The number of fused-ring (bicyclic) bond motifs is 1. The van der Waals surface area contributed by atoms with E-state index in [-0.39, 0.29) is 0 Å². The second-order valence-electron chi connectivity index (χ2n) is 7.06. The summed E-state index contributed by atoms with van der Waals surface area (Å²) in [5, 5.41) is 3.77. The van der Waals surface area contributed by atoms with Gasteiger partial charge in [-0.3, -0.25) is 15.0 Å². The summed E-state index contributed by atoms with van der Waals surface area (Å²) in [5.74, 6) is -2.23. The molecule has 1 saturated heterocycles. The number of urea groups is 1. The lowest BCUT2D eigenvalue weighted by molar-refractivity contribution is -0.147. The molecule has 0 spiro atoms. The smallest absolute Gasteiger partial charge is 0.344 e. The molecule has 0 radical (unpaired) electrons. The first-order chi connectivity index (χ1) is 15.4. The molecule has 2 N–H and O–H groups in total. The van der Waals surface area contributed by atoms with Crippen LogP contribution in [-0.2, 0) is 24.7 Å². The molecule has 1 aromatic heterocycles. The highest BCUT2D eigenvalue weighted by Crippen LogP contribution is 2.27. The molecular weight excluding hydrogens is 432 g/mol. The normalized spacial score (nSPS) is 18.2. The Bertz CT molecular complexity index is 1210. The molecule has 0 bridgehead atoms. The Labute approximate surface area is 186 Å². The van der Waals surface area contributed by atoms with Crippen molar-refractivity contribution in [3.63, 3.8) is 0 Å². The molecule has 0 saturated carbocycles. The average molecular weight is 450 g/mol. The lowest BCUT2D eigenvalue weighted by Gasteiger charge is -2.22. The maximum atomic E-state index is 12.7. The minimum absolute atomic E-state index is 0.571. The summed E-state index contributed by atoms with van der Waals surface area (Å²) in [5.41, 5.74) is 2.25. The van der Waals surface area contributed by atoms with Crippen molar-refractivity contribution in [1.29, 1.82) is 0 Å². The zero-order valence-corrected chi connectivity index (χ0v) is 17.7. The number of rotatable bonds is 6. The van der Waals surface area contributed by atoms with Gasteiger partial charge in [0.15, 0.2) is 6.61 Å². The molecule has 32 heavy (non-hydrogen) atoms. The molecule has 1 unspecified atom stereocenters. The lowest BCUT2D eigenvalue weighted by atomic mass is 9.92. The Kier molecular flexibility index (Phi) is 5.69. The van der Waals surface area contributed by atoms with Crippen LogP contribution in [0.5, 0.6) is 0 Å². The third-order valence-electron chi connectivity index (χ3n) is 4.80. The van der Waals surface area contributed by atoms with Crippen molar-refractivity contribution in [3.8, 4) is 0 Å². The number of hydrogen-bond acceptors (Lipinski definition) is 7. The number of hydrogen-bond donors (Lipinski definition) is 2. The number of aromatic nitrogens is 1. The molecule has 162 valence electrons. The number of para-hydroxylation sites is 1. The number of nitrogens with zero attached hydrogens (tertiary/aromatic N) is 2. The predicted octanol–water partition coefficient (Wildman–Crippen LogP) is 2.35. The van der Waals surface area contributed by atoms with E-state index >= 15 is 0 Å². The van der Waals surface area contributed by atoms with Gasteiger partial charge >= 0.3 is 12.0 Å². The molecular formula is C22H18N4O5S. The average Bonchev–Trinajstić information content (AvgIpc) is 3.31. The van der Waals surface area contributed by atoms with Crippen LogP contribution in [0, 0.1) is 0 Å². The van der Waals surface area contributed by atoms with Gasteiger partial charge in [0.2, 0.25) is 0 Å². The van der Waals surface area contributed by atoms with Crippen LogP contribution in [0.15, 0.2) is 60.7 Å². The van der Waals surface area contributed by atoms with Gasteiger partial charge in [-0.25, -0.2) is 14.6 Å². The van der Waals surface area contributed by atoms with Crippen LogP contribution in [-0.4, -0.2) is 40.4 Å². The molecule has 10 heteroatoms. The van der Waals surface area contributed by atoms with E-state index in [1.165, 1.54) is 17.4 Å². The van der Waals surface area contributed by atoms with Crippen LogP contribution in [0.4, 0.5) is 4.79 Å². The summed E-state index contributed by atoms with van der Waals surface area (Å²) in [6.07, 6.45) is 2.65. The van der Waals surface area contributed by atoms with E-state index in [1.54, 1.807) is 37.3 Å². The molecule has 3 aromatic rings. The zero-order valence-electron chi connectivity index (χ0n) is 16.9. The maximum absolute atomic E-state index is 12.7. The minimum Gasteiger partial charge on any atom is -0.452 e. The molecule has 4 rings (SSSR count). The van der Waals surface area contributed by atoms with Gasteiger partial charge in [0.25, 0.3) is 11.8 Å². The molecule has 1 fully saturated rings. The summed E-state index contributed by atoms with van der Waals surface area (Å²) < 4.78 is 5.87. The number of amides is 4. The summed E-state index contributed by atoms with van der Waals surface area (Å²) in [7, 11) is 0. The lowest BCUT2D eigenvalue weighted by Crippen LogP contribution is -2.49. The van der Waals surface area contributed by atoms with Gasteiger partial charge < -0.3 is 10.1 Å². The fourth-order valence-corrected chi connectivity index (χ4v) is 4.02. The van der Waals surface area contributed by atoms with Crippen molar-refractivity contribution >= 4 is 51.4 Å². The van der Waals surface area contributed by atoms with E-state index in [0.29, 0.717) is 15.6 Å². The SMILES string of the molecule is CC1(c2ccccc2)NC(=O)N(NC(=O)COC(=O)C=Cc2nc3ccccc3s2)C1=O. The van der Waals surface area contributed by atoms with Crippen molar-refractivity contribution in [2.24, 2.45) is 0 Å². The van der Waals surface area contributed by atoms with Crippen LogP contribution in [0.3, 0.4) is 0 Å². The molecule has 9 nitrogen and oxygen atoms in total. The number of nitrogens with one attached hydrogen (secondary N) is 2.